The van der Waals surface area contributed by atoms with Crippen molar-refractivity contribution in [2.45, 2.75) is 25.6 Å². The van der Waals surface area contributed by atoms with Crippen LogP contribution >= 0.6 is 0 Å². The summed E-state index contributed by atoms with van der Waals surface area (Å²) in [6, 6.07) is 6.12. The van der Waals surface area contributed by atoms with Gasteiger partial charge in [0, 0.05) is 29.9 Å². The fourth-order valence-corrected chi connectivity index (χ4v) is 2.63. The van der Waals surface area contributed by atoms with Crippen molar-refractivity contribution in [1.82, 2.24) is 4.57 Å². The van der Waals surface area contributed by atoms with Crippen LogP contribution in [0.5, 0.6) is 0 Å². The lowest BCUT2D eigenvalue weighted by Gasteiger charge is -2.17. The average molecular weight is 350 g/mol. The Morgan fingerprint density at radius 2 is 1.88 bits per heavy atom. The molecule has 0 fully saturated rings. The molecule has 0 saturated heterocycles. The van der Waals surface area contributed by atoms with Crippen molar-refractivity contribution in [3.05, 3.63) is 63.6 Å². The van der Waals surface area contributed by atoms with Crippen molar-refractivity contribution in [3.8, 4) is 0 Å². The van der Waals surface area contributed by atoms with E-state index < -0.39 is 29.6 Å². The van der Waals surface area contributed by atoms with Gasteiger partial charge in [-0.15, -0.1) is 0 Å². The number of aryl methyl sites for hydroxylation is 1. The first-order chi connectivity index (χ1) is 11.7. The minimum absolute atomic E-state index is 0.109. The second-order valence-corrected chi connectivity index (χ2v) is 5.72. The van der Waals surface area contributed by atoms with E-state index in [0.717, 1.165) is 16.2 Å². The van der Waals surface area contributed by atoms with Crippen molar-refractivity contribution in [2.24, 2.45) is 0 Å². The number of carbonyl (C=O) groups is 2. The minimum atomic E-state index is -4.59. The summed E-state index contributed by atoms with van der Waals surface area (Å²) in [5.41, 5.74) is -0.00953. The van der Waals surface area contributed by atoms with Gasteiger partial charge in [0.15, 0.2) is 5.78 Å². The lowest BCUT2D eigenvalue weighted by molar-refractivity contribution is -0.138. The third-order valence-electron chi connectivity index (χ3n) is 3.95. The van der Waals surface area contributed by atoms with Crippen molar-refractivity contribution in [2.75, 3.05) is 5.32 Å². The predicted octanol–water partition coefficient (Wildman–Crippen LogP) is 2.63. The lowest BCUT2D eigenvalue weighted by atomic mass is 9.99. The molecule has 0 aliphatic carbocycles. The Morgan fingerprint density at radius 1 is 1.12 bits per heavy atom. The number of Topliss-reactive ketones (excluding diaryl/α,β-unsaturated/α-hetero) is 1. The van der Waals surface area contributed by atoms with Gasteiger partial charge in [0.2, 0.25) is 5.91 Å². The van der Waals surface area contributed by atoms with Gasteiger partial charge in [0.05, 0.1) is 12.1 Å². The molecule has 1 aromatic carbocycles. The molecule has 1 N–H and O–H groups in total. The van der Waals surface area contributed by atoms with Gasteiger partial charge in [-0.1, -0.05) is 0 Å². The lowest BCUT2D eigenvalue weighted by Crippen LogP contribution is -2.25. The fourth-order valence-electron chi connectivity index (χ4n) is 2.63. The van der Waals surface area contributed by atoms with E-state index in [9.17, 15) is 27.6 Å². The van der Waals surface area contributed by atoms with E-state index in [2.05, 4.69) is 5.32 Å². The van der Waals surface area contributed by atoms with Crippen LogP contribution in [0.25, 0.3) is 0 Å². The molecule has 0 unspecified atom stereocenters. The molecule has 0 bridgehead atoms. The molecule has 5 nitrogen and oxygen atoms in total. The Bertz CT molecular complexity index is 916. The van der Waals surface area contributed by atoms with Crippen LogP contribution < -0.4 is 10.9 Å². The van der Waals surface area contributed by atoms with E-state index in [4.69, 9.17) is 0 Å². The number of alkyl halides is 3. The van der Waals surface area contributed by atoms with Crippen molar-refractivity contribution in [3.63, 3.8) is 0 Å². The van der Waals surface area contributed by atoms with Crippen molar-refractivity contribution < 1.29 is 22.8 Å². The summed E-state index contributed by atoms with van der Waals surface area (Å²) in [5, 5.41) is 2.68. The van der Waals surface area contributed by atoms with Gasteiger partial charge in [0.1, 0.15) is 0 Å². The number of amides is 1. The molecule has 1 amide bonds. The number of halogens is 3. The van der Waals surface area contributed by atoms with Crippen LogP contribution in [0.15, 0.2) is 41.3 Å². The first kappa shape index (κ1) is 16.9. The monoisotopic (exact) mass is 350 g/mol. The van der Waals surface area contributed by atoms with Gasteiger partial charge in [0.25, 0.3) is 5.56 Å². The highest BCUT2D eigenvalue weighted by atomic mass is 19.4. The SMILES string of the molecule is O=C1CCc2cc(C(=O)Cn3cc(C(F)(F)F)ccc3=O)ccc2N1. The topological polar surface area (TPSA) is 68.2 Å². The Kier molecular flexibility index (Phi) is 4.20. The number of fused-ring (bicyclic) bond motifs is 1. The maximum absolute atomic E-state index is 12.7. The smallest absolute Gasteiger partial charge is 0.326 e. The summed E-state index contributed by atoms with van der Waals surface area (Å²) in [5.74, 6) is -0.594. The Morgan fingerprint density at radius 3 is 2.60 bits per heavy atom. The number of aromatic nitrogens is 1. The summed E-state index contributed by atoms with van der Waals surface area (Å²) in [4.78, 5) is 35.4. The average Bonchev–Trinajstić information content (AvgIpc) is 2.55. The van der Waals surface area contributed by atoms with Crippen LogP contribution in [0.1, 0.15) is 27.9 Å². The number of hydrogen-bond donors (Lipinski definition) is 1. The van der Waals surface area contributed by atoms with E-state index >= 15 is 0 Å². The number of hydrogen-bond acceptors (Lipinski definition) is 3. The largest absolute Gasteiger partial charge is 0.417 e. The van der Waals surface area contributed by atoms with Crippen molar-refractivity contribution >= 4 is 17.4 Å². The summed E-state index contributed by atoms with van der Waals surface area (Å²) < 4.78 is 39.0. The maximum Gasteiger partial charge on any atom is 0.417 e. The van der Waals surface area contributed by atoms with Gasteiger partial charge in [-0.3, -0.25) is 14.4 Å². The Labute approximate surface area is 140 Å². The third kappa shape index (κ3) is 3.62. The zero-order valence-electron chi connectivity index (χ0n) is 12.9. The maximum atomic E-state index is 12.7. The van der Waals surface area contributed by atoms with Crippen molar-refractivity contribution in [1.29, 1.82) is 0 Å². The molecule has 1 aromatic heterocycles. The molecule has 1 aliphatic rings. The summed E-state index contributed by atoms with van der Waals surface area (Å²) in [6.45, 7) is -0.492. The molecule has 0 saturated carbocycles. The standard InChI is InChI=1S/C17H13F3N2O3/c18-17(19,20)12-3-6-16(25)22(8-12)9-14(23)11-1-4-13-10(7-11)2-5-15(24)21-13/h1,3-4,6-8H,2,5,9H2,(H,21,24). The molecule has 1 aliphatic heterocycles. The number of pyridine rings is 1. The molecule has 3 rings (SSSR count). The van der Waals surface area contributed by atoms with Crippen LogP contribution in [-0.4, -0.2) is 16.3 Å². The molecule has 0 atom stereocenters. The summed E-state index contributed by atoms with van der Waals surface area (Å²) in [6.07, 6.45) is -3.18. The number of anilines is 1. The molecule has 130 valence electrons. The van der Waals surface area contributed by atoms with Gasteiger partial charge < -0.3 is 9.88 Å². The molecule has 25 heavy (non-hydrogen) atoms. The molecule has 2 aromatic rings. The quantitative estimate of drug-likeness (QED) is 0.866. The van der Waals surface area contributed by atoms with Crippen LogP contribution in [0, 0.1) is 0 Å². The van der Waals surface area contributed by atoms with E-state index in [1.54, 1.807) is 12.1 Å². The van der Waals surface area contributed by atoms with Gasteiger partial charge in [-0.25, -0.2) is 0 Å². The molecule has 2 heterocycles. The third-order valence-corrected chi connectivity index (χ3v) is 3.95. The molecule has 8 heteroatoms. The Hall–Kier alpha value is -2.90. The van der Waals surface area contributed by atoms with E-state index in [1.807, 2.05) is 0 Å². The van der Waals surface area contributed by atoms with Crippen LogP contribution in [0.3, 0.4) is 0 Å². The highest BCUT2D eigenvalue weighted by molar-refractivity contribution is 5.98. The number of ketones is 1. The summed E-state index contributed by atoms with van der Waals surface area (Å²) in [7, 11) is 0. The van der Waals surface area contributed by atoms with E-state index in [0.29, 0.717) is 30.8 Å². The number of carbonyl (C=O) groups excluding carboxylic acids is 2. The highest BCUT2D eigenvalue weighted by Gasteiger charge is 2.31. The fraction of sp³-hybridized carbons (Fsp3) is 0.235. The normalized spacial score (nSPS) is 14.0. The van der Waals surface area contributed by atoms with E-state index in [1.165, 1.54) is 6.07 Å². The molecular weight excluding hydrogens is 337 g/mol. The number of rotatable bonds is 3. The van der Waals surface area contributed by atoms with Crippen LogP contribution in [0.4, 0.5) is 18.9 Å². The first-order valence-electron chi connectivity index (χ1n) is 7.48. The first-order valence-corrected chi connectivity index (χ1v) is 7.48. The molecule has 0 spiro atoms. The van der Waals surface area contributed by atoms with Gasteiger partial charge in [-0.2, -0.15) is 13.2 Å². The zero-order valence-corrected chi connectivity index (χ0v) is 12.9. The number of benzene rings is 1. The number of nitrogens with zero attached hydrogens (tertiary/aromatic N) is 1. The minimum Gasteiger partial charge on any atom is -0.326 e. The Balaban J connectivity index is 1.86. The van der Waals surface area contributed by atoms with Crippen LogP contribution in [0.2, 0.25) is 0 Å². The second-order valence-electron chi connectivity index (χ2n) is 5.72. The zero-order chi connectivity index (χ0) is 18.2. The second kappa shape index (κ2) is 6.19. The highest BCUT2D eigenvalue weighted by Crippen LogP contribution is 2.28. The van der Waals surface area contributed by atoms with Gasteiger partial charge >= 0.3 is 6.18 Å². The van der Waals surface area contributed by atoms with Gasteiger partial charge in [-0.05, 0) is 36.2 Å². The predicted molar refractivity (Wildman–Crippen MR) is 83.4 cm³/mol. The molecule has 0 radical (unpaired) electrons. The summed E-state index contributed by atoms with van der Waals surface area (Å²) >= 11 is 0. The van der Waals surface area contributed by atoms with Crippen LogP contribution in [-0.2, 0) is 23.9 Å². The van der Waals surface area contributed by atoms with E-state index in [-0.39, 0.29) is 11.5 Å². The molecular formula is C17H13F3N2O3. The number of nitrogens with one attached hydrogen (secondary N) is 1.